The van der Waals surface area contributed by atoms with Crippen LogP contribution in [0, 0.1) is 0 Å². The molecular formula is C23H31N3O2. The molecule has 3 rings (SSSR count). The van der Waals surface area contributed by atoms with Gasteiger partial charge in [0, 0.05) is 26.2 Å². The van der Waals surface area contributed by atoms with Crippen LogP contribution in [0.2, 0.25) is 0 Å². The molecule has 0 aliphatic carbocycles. The number of hydrogen-bond donors (Lipinski definition) is 2. The van der Waals surface area contributed by atoms with E-state index in [1.54, 1.807) is 0 Å². The number of amides is 1. The third-order valence-electron chi connectivity index (χ3n) is 5.00. The largest absolute Gasteiger partial charge is 0.484 e. The molecule has 1 aliphatic rings. The van der Waals surface area contributed by atoms with Gasteiger partial charge in [0.15, 0.2) is 6.61 Å². The molecule has 2 N–H and O–H groups in total. The zero-order chi connectivity index (χ0) is 19.6. The predicted molar refractivity (Wildman–Crippen MR) is 115 cm³/mol. The van der Waals surface area contributed by atoms with E-state index in [2.05, 4.69) is 39.8 Å². The Balaban J connectivity index is 1.56. The molecule has 1 amide bonds. The molecule has 0 atom stereocenters. The van der Waals surface area contributed by atoms with Gasteiger partial charge in [0.05, 0.1) is 11.4 Å². The number of anilines is 2. The van der Waals surface area contributed by atoms with Crippen molar-refractivity contribution in [2.75, 3.05) is 36.5 Å². The molecule has 0 saturated carbocycles. The molecule has 2 aromatic carbocycles. The molecule has 2 aromatic rings. The van der Waals surface area contributed by atoms with Crippen molar-refractivity contribution in [1.29, 1.82) is 0 Å². The molecule has 1 heterocycles. The summed E-state index contributed by atoms with van der Waals surface area (Å²) in [6, 6.07) is 16.5. The smallest absolute Gasteiger partial charge is 0.257 e. The molecule has 28 heavy (non-hydrogen) atoms. The standard InChI is InChI=1S/C23H31N3O2/c1-2-24-23(27)18-28-20-13-11-19(12-14-20)17-25-21-9-5-6-10-22(21)26-15-7-3-4-8-16-26/h5-6,9-14,25H,2-4,7-8,15-18H2,1H3,(H,24,27). The third kappa shape index (κ3) is 5.91. The fraction of sp³-hybridized carbons (Fsp3) is 0.435. The van der Waals surface area contributed by atoms with Gasteiger partial charge < -0.3 is 20.3 Å². The number of carbonyl (C=O) groups is 1. The normalized spacial score (nSPS) is 14.2. The molecule has 1 saturated heterocycles. The van der Waals surface area contributed by atoms with Gasteiger partial charge in [-0.3, -0.25) is 4.79 Å². The Labute approximate surface area is 168 Å². The number of benzene rings is 2. The van der Waals surface area contributed by atoms with Crippen molar-refractivity contribution in [2.45, 2.75) is 39.2 Å². The van der Waals surface area contributed by atoms with Gasteiger partial charge in [-0.15, -0.1) is 0 Å². The van der Waals surface area contributed by atoms with E-state index >= 15 is 0 Å². The molecule has 5 nitrogen and oxygen atoms in total. The summed E-state index contributed by atoms with van der Waals surface area (Å²) in [5.41, 5.74) is 3.66. The molecular weight excluding hydrogens is 350 g/mol. The topological polar surface area (TPSA) is 53.6 Å². The minimum absolute atomic E-state index is 0.0502. The molecule has 0 spiro atoms. The Morgan fingerprint density at radius 1 is 1.00 bits per heavy atom. The fourth-order valence-electron chi connectivity index (χ4n) is 3.51. The lowest BCUT2D eigenvalue weighted by molar-refractivity contribution is -0.122. The monoisotopic (exact) mass is 381 g/mol. The lowest BCUT2D eigenvalue weighted by Gasteiger charge is -2.25. The third-order valence-corrected chi connectivity index (χ3v) is 5.00. The lowest BCUT2D eigenvalue weighted by Crippen LogP contribution is -2.28. The summed E-state index contributed by atoms with van der Waals surface area (Å²) < 4.78 is 5.51. The number of rotatable bonds is 8. The lowest BCUT2D eigenvalue weighted by atomic mass is 10.2. The first-order chi connectivity index (χ1) is 13.8. The highest BCUT2D eigenvalue weighted by Crippen LogP contribution is 2.28. The molecule has 5 heteroatoms. The van der Waals surface area contributed by atoms with Crippen LogP contribution in [0.4, 0.5) is 11.4 Å². The van der Waals surface area contributed by atoms with Crippen LogP contribution in [-0.4, -0.2) is 32.1 Å². The van der Waals surface area contributed by atoms with E-state index in [9.17, 15) is 4.79 Å². The Kier molecular flexibility index (Phi) is 7.59. The van der Waals surface area contributed by atoms with Crippen molar-refractivity contribution in [3.63, 3.8) is 0 Å². The SMILES string of the molecule is CCNC(=O)COc1ccc(CNc2ccccc2N2CCCCCC2)cc1. The maximum atomic E-state index is 11.5. The number of nitrogens with one attached hydrogen (secondary N) is 2. The van der Waals surface area contributed by atoms with Gasteiger partial charge in [-0.05, 0) is 49.6 Å². The minimum Gasteiger partial charge on any atom is -0.484 e. The number of hydrogen-bond acceptors (Lipinski definition) is 4. The van der Waals surface area contributed by atoms with Crippen LogP contribution in [0.15, 0.2) is 48.5 Å². The highest BCUT2D eigenvalue weighted by molar-refractivity contribution is 5.77. The quantitative estimate of drug-likeness (QED) is 0.720. The second kappa shape index (κ2) is 10.6. The van der Waals surface area contributed by atoms with E-state index < -0.39 is 0 Å². The zero-order valence-electron chi connectivity index (χ0n) is 16.7. The van der Waals surface area contributed by atoms with E-state index in [0.29, 0.717) is 12.3 Å². The van der Waals surface area contributed by atoms with Crippen LogP contribution in [0.25, 0.3) is 0 Å². The summed E-state index contributed by atoms with van der Waals surface area (Å²) in [5.74, 6) is 0.610. The van der Waals surface area contributed by atoms with Gasteiger partial charge in [-0.1, -0.05) is 37.1 Å². The van der Waals surface area contributed by atoms with Crippen molar-refractivity contribution < 1.29 is 9.53 Å². The van der Waals surface area contributed by atoms with Gasteiger partial charge in [0.1, 0.15) is 5.75 Å². The van der Waals surface area contributed by atoms with Gasteiger partial charge >= 0.3 is 0 Å². The number of carbonyl (C=O) groups excluding carboxylic acids is 1. The Morgan fingerprint density at radius 3 is 2.43 bits per heavy atom. The molecule has 1 fully saturated rings. The molecule has 0 bridgehead atoms. The summed E-state index contributed by atoms with van der Waals surface area (Å²) in [7, 11) is 0. The Bertz CT molecular complexity index is 738. The first kappa shape index (κ1) is 20.1. The second-order valence-corrected chi connectivity index (χ2v) is 7.16. The van der Waals surface area contributed by atoms with Crippen molar-refractivity contribution in [1.82, 2.24) is 5.32 Å². The van der Waals surface area contributed by atoms with Crippen molar-refractivity contribution in [3.05, 3.63) is 54.1 Å². The maximum absolute atomic E-state index is 11.5. The van der Waals surface area contributed by atoms with Crippen molar-refractivity contribution in [3.8, 4) is 5.75 Å². The average Bonchev–Trinajstić information content (AvgIpc) is 3.01. The molecule has 150 valence electrons. The summed E-state index contributed by atoms with van der Waals surface area (Å²) >= 11 is 0. The van der Waals surface area contributed by atoms with E-state index in [4.69, 9.17) is 4.74 Å². The fourth-order valence-corrected chi connectivity index (χ4v) is 3.51. The number of likely N-dealkylation sites (N-methyl/N-ethyl adjacent to an activating group) is 1. The van der Waals surface area contributed by atoms with Crippen LogP contribution in [-0.2, 0) is 11.3 Å². The van der Waals surface area contributed by atoms with Crippen molar-refractivity contribution in [2.24, 2.45) is 0 Å². The summed E-state index contributed by atoms with van der Waals surface area (Å²) in [4.78, 5) is 14.0. The highest BCUT2D eigenvalue weighted by Gasteiger charge is 2.13. The molecule has 0 radical (unpaired) electrons. The van der Waals surface area contributed by atoms with Gasteiger partial charge in [0.2, 0.25) is 0 Å². The van der Waals surface area contributed by atoms with E-state index in [0.717, 1.165) is 19.6 Å². The first-order valence-electron chi connectivity index (χ1n) is 10.3. The van der Waals surface area contributed by atoms with Gasteiger partial charge in [-0.2, -0.15) is 0 Å². The van der Waals surface area contributed by atoms with Crippen LogP contribution >= 0.6 is 0 Å². The maximum Gasteiger partial charge on any atom is 0.257 e. The number of ether oxygens (including phenoxy) is 1. The van der Waals surface area contributed by atoms with Crippen LogP contribution in [0.1, 0.15) is 38.2 Å². The van der Waals surface area contributed by atoms with E-state index in [1.165, 1.54) is 42.6 Å². The molecule has 1 aliphatic heterocycles. The second-order valence-electron chi connectivity index (χ2n) is 7.16. The zero-order valence-corrected chi connectivity index (χ0v) is 16.7. The highest BCUT2D eigenvalue weighted by atomic mass is 16.5. The van der Waals surface area contributed by atoms with Gasteiger partial charge in [0.25, 0.3) is 5.91 Å². The van der Waals surface area contributed by atoms with Gasteiger partial charge in [-0.25, -0.2) is 0 Å². The average molecular weight is 382 g/mol. The van der Waals surface area contributed by atoms with Crippen LogP contribution < -0.4 is 20.3 Å². The number of nitrogens with zero attached hydrogens (tertiary/aromatic N) is 1. The predicted octanol–water partition coefficient (Wildman–Crippen LogP) is 4.19. The molecule has 0 unspecified atom stereocenters. The van der Waals surface area contributed by atoms with E-state index in [1.807, 2.05) is 31.2 Å². The summed E-state index contributed by atoms with van der Waals surface area (Å²) in [6.45, 7) is 5.58. The Morgan fingerprint density at radius 2 is 1.71 bits per heavy atom. The number of para-hydroxylation sites is 2. The molecule has 0 aromatic heterocycles. The minimum atomic E-state index is -0.0987. The summed E-state index contributed by atoms with van der Waals surface area (Å²) in [6.07, 6.45) is 5.21. The van der Waals surface area contributed by atoms with Crippen LogP contribution in [0.3, 0.4) is 0 Å². The summed E-state index contributed by atoms with van der Waals surface area (Å²) in [5, 5.41) is 6.31. The first-order valence-corrected chi connectivity index (χ1v) is 10.3. The Hall–Kier alpha value is -2.69. The van der Waals surface area contributed by atoms with E-state index in [-0.39, 0.29) is 12.5 Å². The van der Waals surface area contributed by atoms with Crippen LogP contribution in [0.5, 0.6) is 5.75 Å². The van der Waals surface area contributed by atoms with Crippen molar-refractivity contribution >= 4 is 17.3 Å².